The molecule has 0 saturated heterocycles. The molecule has 21 heavy (non-hydrogen) atoms. The van der Waals surface area contributed by atoms with Crippen LogP contribution < -0.4 is 5.32 Å². The van der Waals surface area contributed by atoms with Gasteiger partial charge in [0, 0.05) is 12.6 Å². The van der Waals surface area contributed by atoms with E-state index in [1.165, 1.54) is 35.1 Å². The summed E-state index contributed by atoms with van der Waals surface area (Å²) in [6, 6.07) is 18.3. The Balaban J connectivity index is 1.72. The molecule has 0 amide bonds. The number of nitrogens with one attached hydrogen (secondary N) is 1. The highest BCUT2D eigenvalue weighted by Gasteiger charge is 2.31. The Morgan fingerprint density at radius 3 is 2.29 bits per heavy atom. The van der Waals surface area contributed by atoms with E-state index < -0.39 is 0 Å². The van der Waals surface area contributed by atoms with E-state index in [0.29, 0.717) is 6.04 Å². The van der Waals surface area contributed by atoms with Crippen molar-refractivity contribution in [2.24, 2.45) is 5.92 Å². The Bertz CT molecular complexity index is 581. The SMILES string of the molecule is CCc1ccccc1CNC(c1ccc(C)cc1)C1CC1. The van der Waals surface area contributed by atoms with Crippen molar-refractivity contribution in [3.05, 3.63) is 70.8 Å². The first-order valence-electron chi connectivity index (χ1n) is 8.14. The second-order valence-electron chi connectivity index (χ2n) is 6.23. The second kappa shape index (κ2) is 6.44. The van der Waals surface area contributed by atoms with E-state index in [2.05, 4.69) is 67.7 Å². The molecule has 1 heteroatoms. The number of benzene rings is 2. The summed E-state index contributed by atoms with van der Waals surface area (Å²) in [5, 5.41) is 3.81. The maximum atomic E-state index is 3.81. The molecule has 0 bridgehead atoms. The zero-order valence-corrected chi connectivity index (χ0v) is 13.1. The van der Waals surface area contributed by atoms with Gasteiger partial charge in [0.2, 0.25) is 0 Å². The van der Waals surface area contributed by atoms with Gasteiger partial charge in [-0.2, -0.15) is 0 Å². The fourth-order valence-electron chi connectivity index (χ4n) is 3.05. The third kappa shape index (κ3) is 3.54. The van der Waals surface area contributed by atoms with Gasteiger partial charge in [0.05, 0.1) is 0 Å². The highest BCUT2D eigenvalue weighted by Crippen LogP contribution is 2.41. The lowest BCUT2D eigenvalue weighted by molar-refractivity contribution is 0.479. The molecule has 0 aliphatic heterocycles. The molecule has 0 heterocycles. The summed E-state index contributed by atoms with van der Waals surface area (Å²) in [5.41, 5.74) is 5.68. The van der Waals surface area contributed by atoms with Gasteiger partial charge < -0.3 is 5.32 Å². The van der Waals surface area contributed by atoms with Crippen LogP contribution in [0.2, 0.25) is 0 Å². The molecule has 1 nitrogen and oxygen atoms in total. The van der Waals surface area contributed by atoms with Gasteiger partial charge in [-0.3, -0.25) is 0 Å². The summed E-state index contributed by atoms with van der Waals surface area (Å²) in [7, 11) is 0. The fourth-order valence-corrected chi connectivity index (χ4v) is 3.05. The standard InChI is InChI=1S/C20H25N/c1-3-16-6-4-5-7-19(16)14-21-20(18-12-13-18)17-10-8-15(2)9-11-17/h4-11,18,20-21H,3,12-14H2,1-2H3. The molecule has 3 rings (SSSR count). The minimum absolute atomic E-state index is 0.510. The lowest BCUT2D eigenvalue weighted by Gasteiger charge is -2.20. The lowest BCUT2D eigenvalue weighted by atomic mass is 9.99. The van der Waals surface area contributed by atoms with Crippen LogP contribution in [-0.2, 0) is 13.0 Å². The monoisotopic (exact) mass is 279 g/mol. The van der Waals surface area contributed by atoms with Gasteiger partial charge >= 0.3 is 0 Å². The number of aryl methyl sites for hydroxylation is 2. The largest absolute Gasteiger partial charge is 0.306 e. The number of rotatable bonds is 6. The molecule has 0 aromatic heterocycles. The van der Waals surface area contributed by atoms with Crippen molar-refractivity contribution >= 4 is 0 Å². The van der Waals surface area contributed by atoms with Crippen LogP contribution in [0.25, 0.3) is 0 Å². The molecule has 2 aromatic carbocycles. The van der Waals surface area contributed by atoms with E-state index >= 15 is 0 Å². The van der Waals surface area contributed by atoms with Gasteiger partial charge in [-0.1, -0.05) is 61.0 Å². The maximum Gasteiger partial charge on any atom is 0.0351 e. The molecule has 0 radical (unpaired) electrons. The van der Waals surface area contributed by atoms with Crippen molar-refractivity contribution in [1.82, 2.24) is 5.32 Å². The first-order chi connectivity index (χ1) is 10.3. The first-order valence-corrected chi connectivity index (χ1v) is 8.14. The summed E-state index contributed by atoms with van der Waals surface area (Å²) in [6.45, 7) is 5.36. The molecule has 110 valence electrons. The predicted octanol–water partition coefficient (Wildman–Crippen LogP) is 4.80. The second-order valence-corrected chi connectivity index (χ2v) is 6.23. The number of hydrogen-bond acceptors (Lipinski definition) is 1. The van der Waals surface area contributed by atoms with Gasteiger partial charge in [-0.25, -0.2) is 0 Å². The molecular weight excluding hydrogens is 254 g/mol. The van der Waals surface area contributed by atoms with Crippen molar-refractivity contribution < 1.29 is 0 Å². The first kappa shape index (κ1) is 14.3. The summed E-state index contributed by atoms with van der Waals surface area (Å²) in [4.78, 5) is 0. The van der Waals surface area contributed by atoms with Crippen molar-refractivity contribution in [2.45, 2.75) is 45.7 Å². The molecule has 1 aliphatic rings. The van der Waals surface area contributed by atoms with E-state index in [-0.39, 0.29) is 0 Å². The van der Waals surface area contributed by atoms with Crippen molar-refractivity contribution in [2.75, 3.05) is 0 Å². The smallest absolute Gasteiger partial charge is 0.0351 e. The summed E-state index contributed by atoms with van der Waals surface area (Å²) in [6.07, 6.45) is 3.83. The van der Waals surface area contributed by atoms with E-state index in [1.54, 1.807) is 0 Å². The van der Waals surface area contributed by atoms with Crippen LogP contribution in [0.4, 0.5) is 0 Å². The average Bonchev–Trinajstić information content (AvgIpc) is 3.34. The third-order valence-electron chi connectivity index (χ3n) is 4.54. The predicted molar refractivity (Wildman–Crippen MR) is 89.3 cm³/mol. The van der Waals surface area contributed by atoms with Crippen LogP contribution in [0.15, 0.2) is 48.5 Å². The quantitative estimate of drug-likeness (QED) is 0.801. The van der Waals surface area contributed by atoms with Crippen LogP contribution in [-0.4, -0.2) is 0 Å². The summed E-state index contributed by atoms with van der Waals surface area (Å²) >= 11 is 0. The number of hydrogen-bond donors (Lipinski definition) is 1. The van der Waals surface area contributed by atoms with Crippen molar-refractivity contribution in [3.63, 3.8) is 0 Å². The molecule has 1 saturated carbocycles. The van der Waals surface area contributed by atoms with Crippen molar-refractivity contribution in [3.8, 4) is 0 Å². The maximum absolute atomic E-state index is 3.81. The van der Waals surface area contributed by atoms with Gasteiger partial charge in [-0.05, 0) is 48.8 Å². The van der Waals surface area contributed by atoms with E-state index in [4.69, 9.17) is 0 Å². The topological polar surface area (TPSA) is 12.0 Å². The van der Waals surface area contributed by atoms with Gasteiger partial charge in [0.15, 0.2) is 0 Å². The van der Waals surface area contributed by atoms with E-state index in [0.717, 1.165) is 18.9 Å². The Morgan fingerprint density at radius 2 is 1.67 bits per heavy atom. The van der Waals surface area contributed by atoms with Gasteiger partial charge in [-0.15, -0.1) is 0 Å². The molecule has 1 aliphatic carbocycles. The summed E-state index contributed by atoms with van der Waals surface area (Å²) in [5.74, 6) is 0.821. The Kier molecular flexibility index (Phi) is 4.40. The molecule has 1 N–H and O–H groups in total. The summed E-state index contributed by atoms with van der Waals surface area (Å²) < 4.78 is 0. The molecular formula is C20H25N. The molecule has 0 spiro atoms. The Labute approximate surface area is 128 Å². The highest BCUT2D eigenvalue weighted by molar-refractivity contribution is 5.29. The molecule has 1 fully saturated rings. The molecule has 1 atom stereocenters. The van der Waals surface area contributed by atoms with Crippen LogP contribution in [0.1, 0.15) is 48.1 Å². The minimum atomic E-state index is 0.510. The lowest BCUT2D eigenvalue weighted by Crippen LogP contribution is -2.23. The fraction of sp³-hybridized carbons (Fsp3) is 0.400. The van der Waals surface area contributed by atoms with Crippen LogP contribution >= 0.6 is 0 Å². The zero-order chi connectivity index (χ0) is 14.7. The van der Waals surface area contributed by atoms with Crippen LogP contribution in [0.3, 0.4) is 0 Å². The molecule has 1 unspecified atom stereocenters. The van der Waals surface area contributed by atoms with Gasteiger partial charge in [0.25, 0.3) is 0 Å². The minimum Gasteiger partial charge on any atom is -0.306 e. The molecule has 2 aromatic rings. The van der Waals surface area contributed by atoms with Gasteiger partial charge in [0.1, 0.15) is 0 Å². The highest BCUT2D eigenvalue weighted by atomic mass is 14.9. The van der Waals surface area contributed by atoms with Crippen LogP contribution in [0.5, 0.6) is 0 Å². The van der Waals surface area contributed by atoms with E-state index in [1.807, 2.05) is 0 Å². The van der Waals surface area contributed by atoms with E-state index in [9.17, 15) is 0 Å². The average molecular weight is 279 g/mol. The van der Waals surface area contributed by atoms with Crippen LogP contribution in [0, 0.1) is 12.8 Å². The zero-order valence-electron chi connectivity index (χ0n) is 13.1. The normalized spacial score (nSPS) is 15.9. The Hall–Kier alpha value is -1.60. The third-order valence-corrected chi connectivity index (χ3v) is 4.54. The van der Waals surface area contributed by atoms with Crippen molar-refractivity contribution in [1.29, 1.82) is 0 Å². The Morgan fingerprint density at radius 1 is 1.00 bits per heavy atom.